The molecule has 1 atom stereocenters. The van der Waals surface area contributed by atoms with Crippen molar-refractivity contribution < 1.29 is 10.2 Å². The standard InChI is InChI=1S/C12H27NO2/c13-10-7-5-3-1-2-4-6-8-12(15)9-11-14/h12,14-15H,1-11,13H2. The van der Waals surface area contributed by atoms with Crippen LogP contribution in [0.3, 0.4) is 0 Å². The van der Waals surface area contributed by atoms with E-state index in [2.05, 4.69) is 0 Å². The summed E-state index contributed by atoms with van der Waals surface area (Å²) in [6.45, 7) is 0.910. The number of nitrogens with two attached hydrogens (primary N) is 1. The third-order valence-electron chi connectivity index (χ3n) is 2.70. The van der Waals surface area contributed by atoms with Gasteiger partial charge in [-0.15, -0.1) is 0 Å². The molecule has 0 aromatic heterocycles. The zero-order valence-corrected chi connectivity index (χ0v) is 9.83. The van der Waals surface area contributed by atoms with E-state index in [1.54, 1.807) is 0 Å². The van der Waals surface area contributed by atoms with Gasteiger partial charge < -0.3 is 15.9 Å². The maximum atomic E-state index is 9.35. The minimum absolute atomic E-state index is 0.0975. The predicted molar refractivity (Wildman–Crippen MR) is 63.7 cm³/mol. The van der Waals surface area contributed by atoms with Crippen LogP contribution in [0.2, 0.25) is 0 Å². The molecular weight excluding hydrogens is 190 g/mol. The summed E-state index contributed by atoms with van der Waals surface area (Å²) in [5.41, 5.74) is 5.40. The summed E-state index contributed by atoms with van der Waals surface area (Å²) in [5.74, 6) is 0. The first-order chi connectivity index (χ1) is 7.31. The van der Waals surface area contributed by atoms with Gasteiger partial charge in [0.05, 0.1) is 6.10 Å². The largest absolute Gasteiger partial charge is 0.396 e. The Hall–Kier alpha value is -0.120. The van der Waals surface area contributed by atoms with Gasteiger partial charge in [0.25, 0.3) is 0 Å². The predicted octanol–water partition coefficient (Wildman–Crippen LogP) is 1.81. The Balaban J connectivity index is 2.98. The van der Waals surface area contributed by atoms with E-state index in [-0.39, 0.29) is 12.7 Å². The van der Waals surface area contributed by atoms with Crippen molar-refractivity contribution in [3.05, 3.63) is 0 Å². The molecule has 1 unspecified atom stereocenters. The van der Waals surface area contributed by atoms with Crippen LogP contribution in [0.15, 0.2) is 0 Å². The first kappa shape index (κ1) is 14.9. The lowest BCUT2D eigenvalue weighted by atomic mass is 10.1. The van der Waals surface area contributed by atoms with Crippen LogP contribution in [0.25, 0.3) is 0 Å². The average molecular weight is 217 g/mol. The first-order valence-corrected chi connectivity index (χ1v) is 6.30. The first-order valence-electron chi connectivity index (χ1n) is 6.30. The van der Waals surface area contributed by atoms with Gasteiger partial charge in [-0.2, -0.15) is 0 Å². The van der Waals surface area contributed by atoms with Crippen LogP contribution in [0.5, 0.6) is 0 Å². The molecule has 0 saturated carbocycles. The minimum Gasteiger partial charge on any atom is -0.396 e. The highest BCUT2D eigenvalue weighted by atomic mass is 16.3. The van der Waals surface area contributed by atoms with Crippen molar-refractivity contribution in [3.8, 4) is 0 Å². The summed E-state index contributed by atoms with van der Waals surface area (Å²) in [4.78, 5) is 0. The van der Waals surface area contributed by atoms with Gasteiger partial charge in [-0.3, -0.25) is 0 Å². The Morgan fingerprint density at radius 3 is 1.87 bits per heavy atom. The smallest absolute Gasteiger partial charge is 0.0562 e. The van der Waals surface area contributed by atoms with Crippen LogP contribution in [-0.2, 0) is 0 Å². The molecule has 3 nitrogen and oxygen atoms in total. The molecular formula is C12H27NO2. The minimum atomic E-state index is -0.299. The molecule has 0 aromatic carbocycles. The van der Waals surface area contributed by atoms with Crippen LogP contribution in [-0.4, -0.2) is 29.5 Å². The van der Waals surface area contributed by atoms with Crippen molar-refractivity contribution in [1.82, 2.24) is 0 Å². The van der Waals surface area contributed by atoms with E-state index in [4.69, 9.17) is 10.8 Å². The number of unbranched alkanes of at least 4 members (excludes halogenated alkanes) is 6. The number of aliphatic hydroxyl groups is 2. The van der Waals surface area contributed by atoms with E-state index in [9.17, 15) is 5.11 Å². The molecule has 0 spiro atoms. The van der Waals surface area contributed by atoms with Crippen molar-refractivity contribution in [2.75, 3.05) is 13.2 Å². The number of hydrogen-bond donors (Lipinski definition) is 3. The Morgan fingerprint density at radius 1 is 0.800 bits per heavy atom. The molecule has 0 rings (SSSR count). The number of rotatable bonds is 11. The van der Waals surface area contributed by atoms with Crippen molar-refractivity contribution >= 4 is 0 Å². The van der Waals surface area contributed by atoms with Gasteiger partial charge in [-0.25, -0.2) is 0 Å². The van der Waals surface area contributed by atoms with Crippen LogP contribution in [0.4, 0.5) is 0 Å². The van der Waals surface area contributed by atoms with Crippen LogP contribution in [0, 0.1) is 0 Å². The van der Waals surface area contributed by atoms with E-state index < -0.39 is 0 Å². The third kappa shape index (κ3) is 11.8. The van der Waals surface area contributed by atoms with Crippen molar-refractivity contribution in [2.45, 2.75) is 63.9 Å². The lowest BCUT2D eigenvalue weighted by Crippen LogP contribution is -2.08. The maximum Gasteiger partial charge on any atom is 0.0562 e. The fourth-order valence-corrected chi connectivity index (χ4v) is 1.70. The topological polar surface area (TPSA) is 66.5 Å². The van der Waals surface area contributed by atoms with Gasteiger partial charge in [0.2, 0.25) is 0 Å². The van der Waals surface area contributed by atoms with Gasteiger partial charge in [-0.1, -0.05) is 38.5 Å². The molecule has 0 aliphatic rings. The van der Waals surface area contributed by atoms with Gasteiger partial charge in [0, 0.05) is 6.61 Å². The third-order valence-corrected chi connectivity index (χ3v) is 2.70. The summed E-state index contributed by atoms with van der Waals surface area (Å²) >= 11 is 0. The molecule has 4 N–H and O–H groups in total. The SMILES string of the molecule is NCCCCCCCCCC(O)CCO. The van der Waals surface area contributed by atoms with Gasteiger partial charge in [-0.05, 0) is 25.8 Å². The molecule has 92 valence electrons. The van der Waals surface area contributed by atoms with Crippen molar-refractivity contribution in [3.63, 3.8) is 0 Å². The molecule has 0 heterocycles. The average Bonchev–Trinajstić information content (AvgIpc) is 2.22. The molecule has 0 fully saturated rings. The van der Waals surface area contributed by atoms with Gasteiger partial charge >= 0.3 is 0 Å². The lowest BCUT2D eigenvalue weighted by molar-refractivity contribution is 0.122. The number of hydrogen-bond acceptors (Lipinski definition) is 3. The van der Waals surface area contributed by atoms with Crippen LogP contribution in [0.1, 0.15) is 57.8 Å². The quantitative estimate of drug-likeness (QED) is 0.462. The molecule has 15 heavy (non-hydrogen) atoms. The lowest BCUT2D eigenvalue weighted by Gasteiger charge is -2.07. The van der Waals surface area contributed by atoms with Crippen molar-refractivity contribution in [1.29, 1.82) is 0 Å². The number of aliphatic hydroxyl groups excluding tert-OH is 2. The zero-order chi connectivity index (χ0) is 11.4. The van der Waals surface area contributed by atoms with Crippen LogP contribution < -0.4 is 5.73 Å². The summed E-state index contributed by atoms with van der Waals surface area (Å²) in [6, 6.07) is 0. The summed E-state index contributed by atoms with van der Waals surface area (Å²) in [7, 11) is 0. The summed E-state index contributed by atoms with van der Waals surface area (Å²) in [6.07, 6.45) is 9.58. The van der Waals surface area contributed by atoms with Gasteiger partial charge in [0.1, 0.15) is 0 Å². The monoisotopic (exact) mass is 217 g/mol. The Morgan fingerprint density at radius 2 is 1.33 bits per heavy atom. The Bertz CT molecular complexity index is 120. The maximum absolute atomic E-state index is 9.35. The molecule has 0 radical (unpaired) electrons. The summed E-state index contributed by atoms with van der Waals surface area (Å²) < 4.78 is 0. The van der Waals surface area contributed by atoms with E-state index in [0.717, 1.165) is 25.8 Å². The highest BCUT2D eigenvalue weighted by molar-refractivity contribution is 4.55. The molecule has 0 aromatic rings. The molecule has 0 amide bonds. The summed E-state index contributed by atoms with van der Waals surface area (Å²) in [5, 5.41) is 17.9. The molecule has 0 saturated heterocycles. The fourth-order valence-electron chi connectivity index (χ4n) is 1.70. The van der Waals surface area contributed by atoms with Crippen molar-refractivity contribution in [2.24, 2.45) is 5.73 Å². The highest BCUT2D eigenvalue weighted by Crippen LogP contribution is 2.10. The Kier molecular flexibility index (Phi) is 11.9. The van der Waals surface area contributed by atoms with E-state index in [1.165, 1.54) is 32.1 Å². The highest BCUT2D eigenvalue weighted by Gasteiger charge is 2.01. The van der Waals surface area contributed by atoms with E-state index >= 15 is 0 Å². The zero-order valence-electron chi connectivity index (χ0n) is 9.83. The van der Waals surface area contributed by atoms with Crippen LogP contribution >= 0.6 is 0 Å². The normalized spacial score (nSPS) is 13.0. The van der Waals surface area contributed by atoms with E-state index in [1.807, 2.05) is 0 Å². The molecule has 0 aliphatic carbocycles. The fraction of sp³-hybridized carbons (Fsp3) is 1.00. The second-order valence-corrected chi connectivity index (χ2v) is 4.22. The Labute approximate surface area is 93.7 Å². The second-order valence-electron chi connectivity index (χ2n) is 4.22. The second kappa shape index (κ2) is 12.0. The molecule has 0 aliphatic heterocycles. The molecule has 0 bridgehead atoms. The molecule has 3 heteroatoms. The van der Waals surface area contributed by atoms with E-state index in [0.29, 0.717) is 6.42 Å². The van der Waals surface area contributed by atoms with Gasteiger partial charge in [0.15, 0.2) is 0 Å².